The van der Waals surface area contributed by atoms with E-state index in [4.69, 9.17) is 5.73 Å². The third-order valence-electron chi connectivity index (χ3n) is 7.20. The standard InChI is InChI=1S/C24H26F3N5O2S/c25-24(26,27)15-1-2-19-18(9-15)20(5-8-30-19)32(13-22(28)33)17-11-31(12-17)16-3-6-23(34,7-4-16)21-10-29-14-35-21/h1-2,5,8-10,14,16-17,34H,3-4,6-7,11-13H2,(H2,28,33). The van der Waals surface area contributed by atoms with Crippen LogP contribution in [0, 0.1) is 0 Å². The summed E-state index contributed by atoms with van der Waals surface area (Å²) in [6.45, 7) is 1.24. The zero-order chi connectivity index (χ0) is 24.8. The molecule has 0 radical (unpaired) electrons. The molecule has 0 bridgehead atoms. The van der Waals surface area contributed by atoms with Crippen LogP contribution in [0.25, 0.3) is 10.9 Å². The fourth-order valence-electron chi connectivity index (χ4n) is 5.26. The van der Waals surface area contributed by atoms with Crippen molar-refractivity contribution in [3.8, 4) is 0 Å². The number of aromatic nitrogens is 2. The minimum Gasteiger partial charge on any atom is -0.384 e. The van der Waals surface area contributed by atoms with Gasteiger partial charge in [0.25, 0.3) is 0 Å². The summed E-state index contributed by atoms with van der Waals surface area (Å²) in [4.78, 5) is 25.2. The van der Waals surface area contributed by atoms with E-state index in [2.05, 4.69) is 14.9 Å². The van der Waals surface area contributed by atoms with Gasteiger partial charge >= 0.3 is 6.18 Å². The van der Waals surface area contributed by atoms with Gasteiger partial charge in [0.15, 0.2) is 0 Å². The van der Waals surface area contributed by atoms with Crippen LogP contribution in [-0.2, 0) is 16.6 Å². The molecule has 0 unspecified atom stereocenters. The number of nitrogens with zero attached hydrogens (tertiary/aromatic N) is 4. The van der Waals surface area contributed by atoms with Gasteiger partial charge in [-0.05, 0) is 49.9 Å². The predicted octanol–water partition coefficient (Wildman–Crippen LogP) is 3.52. The monoisotopic (exact) mass is 505 g/mol. The van der Waals surface area contributed by atoms with E-state index in [1.165, 1.54) is 23.6 Å². The molecule has 1 aliphatic carbocycles. The highest BCUT2D eigenvalue weighted by atomic mass is 32.1. The molecular formula is C24H26F3N5O2S. The van der Waals surface area contributed by atoms with Crippen LogP contribution in [-0.4, -0.2) is 57.6 Å². The molecule has 2 aromatic heterocycles. The van der Waals surface area contributed by atoms with Crippen LogP contribution >= 0.6 is 11.3 Å². The summed E-state index contributed by atoms with van der Waals surface area (Å²) < 4.78 is 40.1. The van der Waals surface area contributed by atoms with Gasteiger partial charge in [0.05, 0.1) is 34.1 Å². The third kappa shape index (κ3) is 4.72. The van der Waals surface area contributed by atoms with Gasteiger partial charge in [0.1, 0.15) is 5.60 Å². The van der Waals surface area contributed by atoms with Crippen molar-refractivity contribution in [2.45, 2.75) is 49.5 Å². The second-order valence-electron chi connectivity index (χ2n) is 9.39. The number of nitrogens with two attached hydrogens (primary N) is 1. The molecule has 0 atom stereocenters. The molecule has 11 heteroatoms. The number of carbonyl (C=O) groups excluding carboxylic acids is 1. The molecule has 3 aromatic rings. The van der Waals surface area contributed by atoms with Crippen LogP contribution in [0.15, 0.2) is 42.2 Å². The van der Waals surface area contributed by atoms with E-state index in [0.717, 1.165) is 29.9 Å². The molecule has 1 amide bonds. The maximum Gasteiger partial charge on any atom is 0.416 e. The number of amides is 1. The fourth-order valence-corrected chi connectivity index (χ4v) is 6.04. The molecule has 2 fully saturated rings. The molecule has 1 aliphatic heterocycles. The fraction of sp³-hybridized carbons (Fsp3) is 0.458. The number of primary amides is 1. The number of hydrogen-bond donors (Lipinski definition) is 2. The Kier molecular flexibility index (Phi) is 6.18. The van der Waals surface area contributed by atoms with Gasteiger partial charge in [0, 0.05) is 42.6 Å². The smallest absolute Gasteiger partial charge is 0.384 e. The van der Waals surface area contributed by atoms with Crippen molar-refractivity contribution < 1.29 is 23.1 Å². The van der Waals surface area contributed by atoms with Crippen LogP contribution < -0.4 is 10.6 Å². The molecule has 1 aromatic carbocycles. The summed E-state index contributed by atoms with van der Waals surface area (Å²) in [5.41, 5.74) is 6.61. The minimum absolute atomic E-state index is 0.0649. The Morgan fingerprint density at radius 2 is 2.00 bits per heavy atom. The lowest BCUT2D eigenvalue weighted by Gasteiger charge is -2.51. The Morgan fingerprint density at radius 1 is 1.26 bits per heavy atom. The van der Waals surface area contributed by atoms with Gasteiger partial charge in [-0.1, -0.05) is 0 Å². The summed E-state index contributed by atoms with van der Waals surface area (Å²) in [6, 6.07) is 5.33. The first kappa shape index (κ1) is 24.0. The number of alkyl halides is 3. The topological polar surface area (TPSA) is 95.6 Å². The van der Waals surface area contributed by atoms with Crippen LogP contribution in [0.5, 0.6) is 0 Å². The van der Waals surface area contributed by atoms with Crippen molar-refractivity contribution in [3.05, 3.63) is 52.6 Å². The first-order valence-corrected chi connectivity index (χ1v) is 12.4. The molecule has 1 saturated heterocycles. The SMILES string of the molecule is NC(=O)CN(c1ccnc2ccc(C(F)(F)F)cc12)C1CN(C2CCC(O)(c3cncs3)CC2)C1. The molecule has 5 rings (SSSR count). The highest BCUT2D eigenvalue weighted by Gasteiger charge is 2.42. The van der Waals surface area contributed by atoms with Crippen molar-refractivity contribution in [3.63, 3.8) is 0 Å². The number of rotatable bonds is 6. The maximum atomic E-state index is 13.4. The average Bonchev–Trinajstić information content (AvgIpc) is 3.33. The van der Waals surface area contributed by atoms with Crippen LogP contribution in [0.1, 0.15) is 36.1 Å². The van der Waals surface area contributed by atoms with Crippen LogP contribution in [0.3, 0.4) is 0 Å². The maximum absolute atomic E-state index is 13.4. The highest BCUT2D eigenvalue weighted by Crippen LogP contribution is 2.42. The second-order valence-corrected chi connectivity index (χ2v) is 10.3. The molecule has 1 saturated carbocycles. The van der Waals surface area contributed by atoms with Gasteiger partial charge in [-0.2, -0.15) is 13.2 Å². The number of halogens is 3. The van der Waals surface area contributed by atoms with E-state index in [1.54, 1.807) is 22.7 Å². The number of carbonyl (C=O) groups is 1. The van der Waals surface area contributed by atoms with Gasteiger partial charge in [-0.15, -0.1) is 11.3 Å². The van der Waals surface area contributed by atoms with Crippen molar-refractivity contribution in [1.29, 1.82) is 0 Å². The minimum atomic E-state index is -4.48. The second kappa shape index (κ2) is 9.03. The summed E-state index contributed by atoms with van der Waals surface area (Å²) in [5.74, 6) is -0.548. The van der Waals surface area contributed by atoms with Gasteiger partial charge in [-0.25, -0.2) is 0 Å². The van der Waals surface area contributed by atoms with Crippen molar-refractivity contribution in [1.82, 2.24) is 14.9 Å². The Hall–Kier alpha value is -2.76. The number of anilines is 1. The summed E-state index contributed by atoms with van der Waals surface area (Å²) >= 11 is 1.47. The predicted molar refractivity (Wildman–Crippen MR) is 127 cm³/mol. The largest absolute Gasteiger partial charge is 0.416 e. The van der Waals surface area contributed by atoms with E-state index >= 15 is 0 Å². The van der Waals surface area contributed by atoms with E-state index in [9.17, 15) is 23.1 Å². The van der Waals surface area contributed by atoms with E-state index in [0.29, 0.717) is 48.6 Å². The summed E-state index contributed by atoms with van der Waals surface area (Å²) in [6.07, 6.45) is 1.77. The molecule has 2 aliphatic rings. The normalized spacial score (nSPS) is 23.8. The van der Waals surface area contributed by atoms with Crippen molar-refractivity contribution in [2.24, 2.45) is 5.73 Å². The van der Waals surface area contributed by atoms with E-state index < -0.39 is 23.2 Å². The van der Waals surface area contributed by atoms with E-state index in [1.807, 2.05) is 0 Å². The van der Waals surface area contributed by atoms with Gasteiger partial charge in [-0.3, -0.25) is 19.7 Å². The molecule has 7 nitrogen and oxygen atoms in total. The number of pyridine rings is 1. The Labute approximate surface area is 204 Å². The lowest BCUT2D eigenvalue weighted by Crippen LogP contribution is -2.64. The van der Waals surface area contributed by atoms with Crippen molar-refractivity contribution in [2.75, 3.05) is 24.5 Å². The number of hydrogen-bond acceptors (Lipinski definition) is 7. The van der Waals surface area contributed by atoms with Crippen molar-refractivity contribution >= 4 is 33.8 Å². The number of aliphatic hydroxyl groups is 1. The number of thiazole rings is 1. The number of likely N-dealkylation sites (tertiary alicyclic amines) is 1. The first-order chi connectivity index (χ1) is 16.6. The molecular weight excluding hydrogens is 479 g/mol. The summed E-state index contributed by atoms with van der Waals surface area (Å²) in [7, 11) is 0. The van der Waals surface area contributed by atoms with Crippen LogP contribution in [0.4, 0.5) is 18.9 Å². The first-order valence-electron chi connectivity index (χ1n) is 11.5. The molecule has 3 heterocycles. The Morgan fingerprint density at radius 3 is 2.63 bits per heavy atom. The lowest BCUT2D eigenvalue weighted by molar-refractivity contribution is -0.137. The number of benzene rings is 1. The quantitative estimate of drug-likeness (QED) is 0.532. The van der Waals surface area contributed by atoms with Gasteiger partial charge in [0.2, 0.25) is 5.91 Å². The van der Waals surface area contributed by atoms with Crippen LogP contribution in [0.2, 0.25) is 0 Å². The molecule has 35 heavy (non-hydrogen) atoms. The zero-order valence-electron chi connectivity index (χ0n) is 18.9. The number of fused-ring (bicyclic) bond motifs is 1. The lowest BCUT2D eigenvalue weighted by atomic mass is 9.80. The third-order valence-corrected chi connectivity index (χ3v) is 8.17. The molecule has 186 valence electrons. The van der Waals surface area contributed by atoms with Gasteiger partial charge < -0.3 is 15.7 Å². The highest BCUT2D eigenvalue weighted by molar-refractivity contribution is 7.09. The Balaban J connectivity index is 1.32. The zero-order valence-corrected chi connectivity index (χ0v) is 19.7. The Bertz CT molecular complexity index is 1210. The summed E-state index contributed by atoms with van der Waals surface area (Å²) in [5, 5.41) is 11.3. The molecule has 0 spiro atoms. The van der Waals surface area contributed by atoms with E-state index in [-0.39, 0.29) is 12.6 Å². The molecule has 3 N–H and O–H groups in total. The average molecular weight is 506 g/mol.